The van der Waals surface area contributed by atoms with E-state index in [9.17, 15) is 4.79 Å². The lowest BCUT2D eigenvalue weighted by Gasteiger charge is -2.13. The van der Waals surface area contributed by atoms with E-state index in [1.54, 1.807) is 23.3 Å². The van der Waals surface area contributed by atoms with Crippen molar-refractivity contribution in [2.24, 2.45) is 17.8 Å². The number of aromatic hydroxyl groups is 1. The molecule has 188 valence electrons. The van der Waals surface area contributed by atoms with Gasteiger partial charge >= 0.3 is 5.97 Å². The molecule has 5 unspecified atom stereocenters. The first-order valence-electron chi connectivity index (χ1n) is 12.8. The van der Waals surface area contributed by atoms with Crippen LogP contribution in [0.5, 0.6) is 5.75 Å². The monoisotopic (exact) mass is 468 g/mol. The summed E-state index contributed by atoms with van der Waals surface area (Å²) in [7, 11) is 0. The van der Waals surface area contributed by atoms with Gasteiger partial charge in [-0.15, -0.1) is 0 Å². The largest absolute Gasteiger partial charge is 0.508 e. The standard InChI is InChI=1S/C11H14.C10H14O.C9H16O3/c1-8-7-10-5-3-4-6-11(10)9(8)2;1-3-8(2)9-4-6-10(11)7-5-9;1-6(2)7(3)9(10)12-5-8-4-11-8/h3-6,8-9H,7H2,1-2H3;4-8,11H,3H2,1-2H3;6-8H,4-5H2,1-3H3. The number of phenols is 1. The molecule has 0 amide bonds. The van der Waals surface area contributed by atoms with Gasteiger partial charge in [0.25, 0.3) is 0 Å². The van der Waals surface area contributed by atoms with Crippen LogP contribution in [0.15, 0.2) is 48.5 Å². The predicted molar refractivity (Wildman–Crippen MR) is 139 cm³/mol. The Morgan fingerprint density at radius 2 is 1.68 bits per heavy atom. The fourth-order valence-corrected chi connectivity index (χ4v) is 3.78. The first kappa shape index (κ1) is 27.9. The molecule has 2 aromatic carbocycles. The van der Waals surface area contributed by atoms with Crippen LogP contribution in [0.4, 0.5) is 0 Å². The van der Waals surface area contributed by atoms with Crippen molar-refractivity contribution in [3.63, 3.8) is 0 Å². The molecule has 2 aliphatic rings. The zero-order valence-electron chi connectivity index (χ0n) is 22.1. The predicted octanol–water partition coefficient (Wildman–Crippen LogP) is 7.11. The van der Waals surface area contributed by atoms with Crippen molar-refractivity contribution in [2.45, 2.75) is 79.2 Å². The fraction of sp³-hybridized carbons (Fsp3) is 0.567. The van der Waals surface area contributed by atoms with Crippen molar-refractivity contribution >= 4 is 5.97 Å². The number of benzene rings is 2. The second kappa shape index (κ2) is 13.5. The minimum atomic E-state index is -0.111. The summed E-state index contributed by atoms with van der Waals surface area (Å²) < 4.78 is 9.95. The molecule has 1 aliphatic carbocycles. The molecule has 1 fully saturated rings. The Bertz CT molecular complexity index is 870. The van der Waals surface area contributed by atoms with Crippen LogP contribution in [-0.4, -0.2) is 30.4 Å². The summed E-state index contributed by atoms with van der Waals surface area (Å²) in [5, 5.41) is 9.01. The fourth-order valence-electron chi connectivity index (χ4n) is 3.78. The van der Waals surface area contributed by atoms with Crippen LogP contribution < -0.4 is 0 Å². The minimum Gasteiger partial charge on any atom is -0.508 e. The molecule has 4 nitrogen and oxygen atoms in total. The summed E-state index contributed by atoms with van der Waals surface area (Å²) in [5.41, 5.74) is 4.43. The van der Waals surface area contributed by atoms with Crippen molar-refractivity contribution in [3.8, 4) is 5.75 Å². The first-order chi connectivity index (χ1) is 16.1. The molecular weight excluding hydrogens is 424 g/mol. The maximum absolute atomic E-state index is 11.2. The zero-order valence-corrected chi connectivity index (χ0v) is 22.1. The maximum atomic E-state index is 11.2. The summed E-state index contributed by atoms with van der Waals surface area (Å²) >= 11 is 0. The van der Waals surface area contributed by atoms with Crippen molar-refractivity contribution in [1.82, 2.24) is 0 Å². The lowest BCUT2D eigenvalue weighted by atomic mass is 9.97. The van der Waals surface area contributed by atoms with E-state index >= 15 is 0 Å². The molecule has 1 heterocycles. The number of esters is 1. The van der Waals surface area contributed by atoms with Crippen LogP contribution in [0.25, 0.3) is 0 Å². The van der Waals surface area contributed by atoms with Crippen LogP contribution in [0, 0.1) is 17.8 Å². The minimum absolute atomic E-state index is 0.0104. The Labute approximate surface area is 206 Å². The summed E-state index contributed by atoms with van der Waals surface area (Å²) in [6, 6.07) is 16.2. The highest BCUT2D eigenvalue weighted by molar-refractivity contribution is 5.72. The molecule has 34 heavy (non-hydrogen) atoms. The number of hydrogen-bond donors (Lipinski definition) is 1. The molecule has 0 saturated carbocycles. The van der Waals surface area contributed by atoms with Gasteiger partial charge in [-0.25, -0.2) is 0 Å². The summed E-state index contributed by atoms with van der Waals surface area (Å²) in [5.74, 6) is 2.77. The Kier molecular flexibility index (Phi) is 11.1. The lowest BCUT2D eigenvalue weighted by Crippen LogP contribution is -2.21. The number of ether oxygens (including phenoxy) is 2. The highest BCUT2D eigenvalue weighted by Crippen LogP contribution is 2.36. The van der Waals surface area contributed by atoms with E-state index in [1.165, 1.54) is 12.0 Å². The average molecular weight is 469 g/mol. The van der Waals surface area contributed by atoms with Gasteiger partial charge in [-0.1, -0.05) is 84.9 Å². The summed E-state index contributed by atoms with van der Waals surface area (Å²) in [4.78, 5) is 11.2. The van der Waals surface area contributed by atoms with E-state index in [-0.39, 0.29) is 18.0 Å². The van der Waals surface area contributed by atoms with Crippen LogP contribution in [0.1, 0.15) is 83.4 Å². The molecule has 4 rings (SSSR count). The van der Waals surface area contributed by atoms with Gasteiger partial charge in [0.15, 0.2) is 0 Å². The molecule has 0 spiro atoms. The Morgan fingerprint density at radius 3 is 2.21 bits per heavy atom. The zero-order chi connectivity index (χ0) is 25.3. The van der Waals surface area contributed by atoms with E-state index in [1.807, 2.05) is 32.9 Å². The number of rotatable bonds is 6. The van der Waals surface area contributed by atoms with Crippen molar-refractivity contribution in [1.29, 1.82) is 0 Å². The van der Waals surface area contributed by atoms with Crippen LogP contribution in [0.3, 0.4) is 0 Å². The van der Waals surface area contributed by atoms with Gasteiger partial charge in [0.05, 0.1) is 12.5 Å². The molecule has 1 aliphatic heterocycles. The maximum Gasteiger partial charge on any atom is 0.309 e. The Hall–Kier alpha value is -2.33. The molecule has 0 aromatic heterocycles. The molecule has 1 N–H and O–H groups in total. The molecule has 0 bridgehead atoms. The number of hydrogen-bond acceptors (Lipinski definition) is 4. The second-order valence-corrected chi connectivity index (χ2v) is 10.2. The number of epoxide rings is 1. The van der Waals surface area contributed by atoms with Crippen molar-refractivity contribution in [3.05, 3.63) is 65.2 Å². The Balaban J connectivity index is 0.000000180. The van der Waals surface area contributed by atoms with Gasteiger partial charge < -0.3 is 14.6 Å². The normalized spacial score (nSPS) is 21.8. The van der Waals surface area contributed by atoms with Crippen molar-refractivity contribution < 1.29 is 19.4 Å². The third kappa shape index (κ3) is 8.79. The second-order valence-electron chi connectivity index (χ2n) is 10.2. The highest BCUT2D eigenvalue weighted by atomic mass is 16.6. The van der Waals surface area contributed by atoms with Gasteiger partial charge in [0, 0.05) is 0 Å². The van der Waals surface area contributed by atoms with E-state index in [0.29, 0.717) is 24.2 Å². The molecule has 4 heteroatoms. The summed E-state index contributed by atoms with van der Waals surface area (Å²) in [6.07, 6.45) is 2.59. The SMILES string of the molecule is CC(C)C(C)C(=O)OCC1CO1.CC1Cc2ccccc2C1C.CCC(C)c1ccc(O)cc1. The van der Waals surface area contributed by atoms with E-state index < -0.39 is 0 Å². The molecule has 2 aromatic rings. The molecular formula is C30H44O4. The van der Waals surface area contributed by atoms with Crippen LogP contribution >= 0.6 is 0 Å². The molecule has 1 saturated heterocycles. The van der Waals surface area contributed by atoms with Gasteiger partial charge in [0.2, 0.25) is 0 Å². The third-order valence-corrected chi connectivity index (χ3v) is 7.20. The quantitative estimate of drug-likeness (QED) is 0.362. The van der Waals surface area contributed by atoms with Crippen LogP contribution in [-0.2, 0) is 20.7 Å². The van der Waals surface area contributed by atoms with E-state index in [2.05, 4.69) is 52.0 Å². The van der Waals surface area contributed by atoms with Gasteiger partial charge in [-0.2, -0.15) is 0 Å². The topological polar surface area (TPSA) is 59.1 Å². The first-order valence-corrected chi connectivity index (χ1v) is 12.8. The number of phenolic OH excluding ortho intramolecular Hbond substituents is 1. The number of carbonyl (C=O) groups excluding carboxylic acids is 1. The molecule has 0 radical (unpaired) electrons. The van der Waals surface area contributed by atoms with Gasteiger partial charge in [-0.05, 0) is 65.3 Å². The average Bonchev–Trinajstić information content (AvgIpc) is 3.62. The number of carbonyl (C=O) groups is 1. The Morgan fingerprint density at radius 1 is 1.06 bits per heavy atom. The smallest absolute Gasteiger partial charge is 0.309 e. The molecule has 5 atom stereocenters. The third-order valence-electron chi connectivity index (χ3n) is 7.20. The summed E-state index contributed by atoms with van der Waals surface area (Å²) in [6.45, 7) is 16.1. The van der Waals surface area contributed by atoms with Gasteiger partial charge in [0.1, 0.15) is 18.5 Å². The van der Waals surface area contributed by atoms with E-state index in [4.69, 9.17) is 14.6 Å². The van der Waals surface area contributed by atoms with Crippen LogP contribution in [0.2, 0.25) is 0 Å². The van der Waals surface area contributed by atoms with Crippen molar-refractivity contribution in [2.75, 3.05) is 13.2 Å². The highest BCUT2D eigenvalue weighted by Gasteiger charge is 2.26. The van der Waals surface area contributed by atoms with Gasteiger partial charge in [-0.3, -0.25) is 4.79 Å². The number of fused-ring (bicyclic) bond motifs is 1. The van der Waals surface area contributed by atoms with E-state index in [0.717, 1.165) is 24.9 Å². The lowest BCUT2D eigenvalue weighted by molar-refractivity contribution is -0.149.